The van der Waals surface area contributed by atoms with E-state index in [1.54, 1.807) is 6.92 Å². The average Bonchev–Trinajstić information content (AvgIpc) is 2.56. The molecule has 0 heterocycles. The van der Waals surface area contributed by atoms with Gasteiger partial charge in [0.1, 0.15) is 5.60 Å². The van der Waals surface area contributed by atoms with Crippen LogP contribution in [-0.4, -0.2) is 16.5 Å². The van der Waals surface area contributed by atoms with Crippen molar-refractivity contribution in [2.45, 2.75) is 77.2 Å². The summed E-state index contributed by atoms with van der Waals surface area (Å²) in [5.41, 5.74) is 0.322. The van der Waals surface area contributed by atoms with Crippen molar-refractivity contribution in [2.75, 3.05) is 0 Å². The summed E-state index contributed by atoms with van der Waals surface area (Å²) in [5.74, 6) is -0.0728. The Morgan fingerprint density at radius 2 is 1.70 bits per heavy atom. The molecule has 1 aromatic carbocycles. The predicted octanol–water partition coefficient (Wildman–Crippen LogP) is 5.25. The lowest BCUT2D eigenvalue weighted by Crippen LogP contribution is -2.40. The molecular formula is C21H32O2. The molecule has 1 rings (SSSR count). The first kappa shape index (κ1) is 19.6. The molecule has 1 atom stereocenters. The van der Waals surface area contributed by atoms with Crippen molar-refractivity contribution in [1.29, 1.82) is 0 Å². The second kappa shape index (κ2) is 10.4. The zero-order chi connectivity index (χ0) is 17.1. The number of aliphatic hydroxyl groups is 1. The molecule has 23 heavy (non-hydrogen) atoms. The highest BCUT2D eigenvalue weighted by molar-refractivity contribution is 5.90. The summed E-state index contributed by atoms with van der Waals surface area (Å²) in [4.78, 5) is 12.5. The van der Waals surface area contributed by atoms with E-state index in [-0.39, 0.29) is 5.78 Å². The Bertz CT molecular complexity index is 478. The summed E-state index contributed by atoms with van der Waals surface area (Å²) >= 11 is 0. The molecule has 0 fully saturated rings. The van der Waals surface area contributed by atoms with Gasteiger partial charge in [0.05, 0.1) is 0 Å². The molecule has 1 N–H and O–H groups in total. The van der Waals surface area contributed by atoms with Crippen LogP contribution in [0.15, 0.2) is 42.5 Å². The van der Waals surface area contributed by atoms with Crippen LogP contribution >= 0.6 is 0 Å². The normalized spacial score (nSPS) is 13.5. The third-order valence-electron chi connectivity index (χ3n) is 4.54. The molecule has 0 saturated heterocycles. The molecular weight excluding hydrogens is 284 g/mol. The van der Waals surface area contributed by atoms with E-state index < -0.39 is 5.60 Å². The van der Waals surface area contributed by atoms with Gasteiger partial charge in [0.25, 0.3) is 0 Å². The Hall–Kier alpha value is -1.41. The van der Waals surface area contributed by atoms with Crippen LogP contribution in [0.5, 0.6) is 0 Å². The van der Waals surface area contributed by atoms with Crippen LogP contribution in [0.25, 0.3) is 0 Å². The Balaban J connectivity index is 2.47. The number of carbonyl (C=O) groups is 1. The van der Waals surface area contributed by atoms with Gasteiger partial charge in [-0.25, -0.2) is 0 Å². The third-order valence-corrected chi connectivity index (χ3v) is 4.54. The number of benzene rings is 1. The SMILES string of the molecule is C=C(C)C(O)(CCc1ccccc1)C(=O)CCCCCCCC. The van der Waals surface area contributed by atoms with Crippen molar-refractivity contribution in [2.24, 2.45) is 0 Å². The van der Waals surface area contributed by atoms with Crippen LogP contribution in [0, 0.1) is 0 Å². The molecule has 1 unspecified atom stereocenters. The second-order valence-electron chi connectivity index (χ2n) is 6.57. The topological polar surface area (TPSA) is 37.3 Å². The minimum Gasteiger partial charge on any atom is -0.378 e. The second-order valence-corrected chi connectivity index (χ2v) is 6.57. The third kappa shape index (κ3) is 6.70. The van der Waals surface area contributed by atoms with Gasteiger partial charge in [0.2, 0.25) is 0 Å². The van der Waals surface area contributed by atoms with Gasteiger partial charge in [-0.1, -0.05) is 75.9 Å². The molecule has 0 bridgehead atoms. The monoisotopic (exact) mass is 316 g/mol. The first-order valence-electron chi connectivity index (χ1n) is 8.96. The van der Waals surface area contributed by atoms with Gasteiger partial charge in [0, 0.05) is 6.42 Å². The number of ketones is 1. The van der Waals surface area contributed by atoms with Crippen molar-refractivity contribution in [3.8, 4) is 0 Å². The Morgan fingerprint density at radius 3 is 2.30 bits per heavy atom. The summed E-state index contributed by atoms with van der Waals surface area (Å²) in [6.45, 7) is 7.81. The van der Waals surface area contributed by atoms with Gasteiger partial charge in [-0.3, -0.25) is 4.79 Å². The fourth-order valence-corrected chi connectivity index (χ4v) is 2.83. The largest absolute Gasteiger partial charge is 0.378 e. The number of Topliss-reactive ketones (excluding diaryl/α,β-unsaturated/α-hetero) is 1. The predicted molar refractivity (Wildman–Crippen MR) is 97.5 cm³/mol. The molecule has 0 spiro atoms. The van der Waals surface area contributed by atoms with Gasteiger partial charge >= 0.3 is 0 Å². The molecule has 0 saturated carbocycles. The molecule has 1 aromatic rings. The Labute approximate surface area is 141 Å². The maximum Gasteiger partial charge on any atom is 0.168 e. The van der Waals surface area contributed by atoms with Crippen molar-refractivity contribution in [3.05, 3.63) is 48.0 Å². The van der Waals surface area contributed by atoms with E-state index in [1.165, 1.54) is 25.7 Å². The van der Waals surface area contributed by atoms with Gasteiger partial charge in [-0.2, -0.15) is 0 Å². The summed E-state index contributed by atoms with van der Waals surface area (Å²) in [6, 6.07) is 9.98. The fraction of sp³-hybridized carbons (Fsp3) is 0.571. The molecule has 2 heteroatoms. The van der Waals surface area contributed by atoms with Crippen LogP contribution in [0.4, 0.5) is 0 Å². The summed E-state index contributed by atoms with van der Waals surface area (Å²) < 4.78 is 0. The molecule has 0 amide bonds. The lowest BCUT2D eigenvalue weighted by Gasteiger charge is -2.27. The minimum absolute atomic E-state index is 0.0728. The summed E-state index contributed by atoms with van der Waals surface area (Å²) in [5, 5.41) is 10.8. The molecule has 128 valence electrons. The van der Waals surface area contributed by atoms with Crippen LogP contribution < -0.4 is 0 Å². The first-order valence-corrected chi connectivity index (χ1v) is 8.96. The van der Waals surface area contributed by atoms with Gasteiger partial charge in [0.15, 0.2) is 5.78 Å². The van der Waals surface area contributed by atoms with Crippen LogP contribution in [0.2, 0.25) is 0 Å². The molecule has 0 aliphatic carbocycles. The van der Waals surface area contributed by atoms with Crippen molar-refractivity contribution < 1.29 is 9.90 Å². The lowest BCUT2D eigenvalue weighted by molar-refractivity contribution is -0.134. The van der Waals surface area contributed by atoms with E-state index in [4.69, 9.17) is 0 Å². The number of hydrogen-bond donors (Lipinski definition) is 1. The quantitative estimate of drug-likeness (QED) is 0.422. The highest BCUT2D eigenvalue weighted by Crippen LogP contribution is 2.25. The van der Waals surface area contributed by atoms with Crippen molar-refractivity contribution >= 4 is 5.78 Å². The number of rotatable bonds is 12. The molecule has 0 aromatic heterocycles. The Morgan fingerprint density at radius 1 is 1.09 bits per heavy atom. The highest BCUT2D eigenvalue weighted by atomic mass is 16.3. The van der Waals surface area contributed by atoms with Gasteiger partial charge in [-0.05, 0) is 37.3 Å². The zero-order valence-corrected chi connectivity index (χ0v) is 14.8. The minimum atomic E-state index is -1.38. The molecule has 0 aliphatic rings. The van der Waals surface area contributed by atoms with E-state index in [0.29, 0.717) is 24.8 Å². The van der Waals surface area contributed by atoms with Crippen LogP contribution in [-0.2, 0) is 11.2 Å². The van der Waals surface area contributed by atoms with E-state index in [0.717, 1.165) is 18.4 Å². The molecule has 0 aliphatic heterocycles. The van der Waals surface area contributed by atoms with Gasteiger partial charge < -0.3 is 5.11 Å². The van der Waals surface area contributed by atoms with E-state index in [1.807, 2.05) is 30.3 Å². The van der Waals surface area contributed by atoms with Crippen molar-refractivity contribution in [3.63, 3.8) is 0 Å². The number of hydrogen-bond acceptors (Lipinski definition) is 2. The van der Waals surface area contributed by atoms with Crippen molar-refractivity contribution in [1.82, 2.24) is 0 Å². The lowest BCUT2D eigenvalue weighted by atomic mass is 9.83. The fourth-order valence-electron chi connectivity index (χ4n) is 2.83. The van der Waals surface area contributed by atoms with Gasteiger partial charge in [-0.15, -0.1) is 0 Å². The Kier molecular flexibility index (Phi) is 8.86. The summed E-state index contributed by atoms with van der Waals surface area (Å²) in [6.07, 6.45) is 8.40. The standard InChI is InChI=1S/C21H32O2/c1-4-5-6-7-8-12-15-20(22)21(23,18(2)3)17-16-19-13-10-9-11-14-19/h9-11,13-14,23H,2,4-8,12,15-17H2,1,3H3. The van der Waals surface area contributed by atoms with Crippen LogP contribution in [0.1, 0.15) is 70.8 Å². The number of carbonyl (C=O) groups excluding carboxylic acids is 1. The maximum atomic E-state index is 12.5. The van der Waals surface area contributed by atoms with E-state index in [2.05, 4.69) is 13.5 Å². The number of aryl methyl sites for hydroxylation is 1. The number of unbranched alkanes of at least 4 members (excludes halogenated alkanes) is 5. The van der Waals surface area contributed by atoms with Crippen LogP contribution in [0.3, 0.4) is 0 Å². The highest BCUT2D eigenvalue weighted by Gasteiger charge is 2.35. The molecule has 0 radical (unpaired) electrons. The summed E-state index contributed by atoms with van der Waals surface area (Å²) in [7, 11) is 0. The maximum absolute atomic E-state index is 12.5. The van der Waals surface area contributed by atoms with E-state index in [9.17, 15) is 9.90 Å². The van der Waals surface area contributed by atoms with E-state index >= 15 is 0 Å². The molecule has 2 nitrogen and oxygen atoms in total. The smallest absolute Gasteiger partial charge is 0.168 e. The average molecular weight is 316 g/mol. The zero-order valence-electron chi connectivity index (χ0n) is 14.8. The first-order chi connectivity index (χ1) is 11.0.